The Balaban J connectivity index is 2.60. The highest BCUT2D eigenvalue weighted by atomic mass is 32.2. The van der Waals surface area contributed by atoms with Crippen LogP contribution < -0.4 is 4.72 Å². The van der Waals surface area contributed by atoms with Crippen LogP contribution in [0.25, 0.3) is 0 Å². The zero-order valence-electron chi connectivity index (χ0n) is 13.4. The highest BCUT2D eigenvalue weighted by Crippen LogP contribution is 2.24. The van der Waals surface area contributed by atoms with Gasteiger partial charge in [0.15, 0.2) is 0 Å². The van der Waals surface area contributed by atoms with Gasteiger partial charge in [0.2, 0.25) is 0 Å². The predicted molar refractivity (Wildman–Crippen MR) is 82.1 cm³/mol. The molecule has 1 heterocycles. The number of hydrogen-bond acceptors (Lipinski definition) is 3. The molecule has 1 aliphatic heterocycles. The van der Waals surface area contributed by atoms with E-state index in [1.54, 1.807) is 0 Å². The van der Waals surface area contributed by atoms with Crippen LogP contribution in [0.2, 0.25) is 0 Å². The van der Waals surface area contributed by atoms with Crippen LogP contribution in [-0.2, 0) is 15.0 Å². The maximum atomic E-state index is 12.2. The van der Waals surface area contributed by atoms with Crippen molar-refractivity contribution in [3.63, 3.8) is 0 Å². The molecule has 1 aliphatic rings. The molecule has 1 rings (SSSR count). The third-order valence-corrected chi connectivity index (χ3v) is 5.38. The van der Waals surface area contributed by atoms with Crippen molar-refractivity contribution >= 4 is 16.2 Å². The van der Waals surface area contributed by atoms with Crippen molar-refractivity contribution in [2.75, 3.05) is 19.6 Å². The molecule has 1 saturated heterocycles. The summed E-state index contributed by atoms with van der Waals surface area (Å²) in [6, 6.07) is 0. The minimum Gasteiger partial charge on any atom is -0.481 e. The Bertz CT molecular complexity index is 448. The van der Waals surface area contributed by atoms with Crippen LogP contribution in [0.3, 0.4) is 0 Å². The SMILES string of the molecule is CC1CCN(S(=O)(=O)NCC(CC(C)(C)C)C(=O)O)CC1. The number of carbonyl (C=O) groups is 1. The lowest BCUT2D eigenvalue weighted by atomic mass is 9.85. The minimum atomic E-state index is -3.57. The van der Waals surface area contributed by atoms with E-state index in [0.717, 1.165) is 12.8 Å². The zero-order chi connectivity index (χ0) is 16.3. The van der Waals surface area contributed by atoms with Gasteiger partial charge in [-0.2, -0.15) is 12.7 Å². The number of carboxylic acids is 1. The van der Waals surface area contributed by atoms with E-state index in [4.69, 9.17) is 0 Å². The van der Waals surface area contributed by atoms with Gasteiger partial charge in [-0.15, -0.1) is 0 Å². The summed E-state index contributed by atoms with van der Waals surface area (Å²) in [7, 11) is -3.57. The topological polar surface area (TPSA) is 86.7 Å². The summed E-state index contributed by atoms with van der Waals surface area (Å²) < 4.78 is 28.3. The van der Waals surface area contributed by atoms with Gasteiger partial charge >= 0.3 is 5.97 Å². The second-order valence-corrected chi connectivity index (χ2v) is 8.99. The molecule has 1 atom stereocenters. The average molecular weight is 320 g/mol. The molecule has 7 heteroatoms. The van der Waals surface area contributed by atoms with Crippen LogP contribution in [0.15, 0.2) is 0 Å². The van der Waals surface area contributed by atoms with Gasteiger partial charge in [-0.05, 0) is 30.6 Å². The normalized spacial score (nSPS) is 20.4. The molecule has 1 fully saturated rings. The molecular weight excluding hydrogens is 292 g/mol. The van der Waals surface area contributed by atoms with Crippen molar-refractivity contribution in [1.29, 1.82) is 0 Å². The van der Waals surface area contributed by atoms with Crippen LogP contribution in [0.4, 0.5) is 0 Å². The van der Waals surface area contributed by atoms with E-state index < -0.39 is 22.1 Å². The lowest BCUT2D eigenvalue weighted by molar-refractivity contribution is -0.142. The highest BCUT2D eigenvalue weighted by Gasteiger charge is 2.30. The first kappa shape index (κ1) is 18.4. The molecule has 21 heavy (non-hydrogen) atoms. The van der Waals surface area contributed by atoms with Crippen molar-refractivity contribution in [3.8, 4) is 0 Å². The number of piperidine rings is 1. The third kappa shape index (κ3) is 6.32. The molecule has 6 nitrogen and oxygen atoms in total. The molecule has 0 radical (unpaired) electrons. The minimum absolute atomic E-state index is 0.0546. The maximum Gasteiger partial charge on any atom is 0.307 e. The molecule has 124 valence electrons. The lowest BCUT2D eigenvalue weighted by Gasteiger charge is -2.30. The van der Waals surface area contributed by atoms with E-state index in [1.807, 2.05) is 20.8 Å². The second kappa shape index (κ2) is 7.07. The largest absolute Gasteiger partial charge is 0.481 e. The Morgan fingerprint density at radius 3 is 2.29 bits per heavy atom. The lowest BCUT2D eigenvalue weighted by Crippen LogP contribution is -2.46. The first-order chi connectivity index (χ1) is 9.51. The summed E-state index contributed by atoms with van der Waals surface area (Å²) in [5.41, 5.74) is -0.158. The Morgan fingerprint density at radius 2 is 1.86 bits per heavy atom. The van der Waals surface area contributed by atoms with Crippen molar-refractivity contribution in [3.05, 3.63) is 0 Å². The molecule has 0 bridgehead atoms. The maximum absolute atomic E-state index is 12.2. The van der Waals surface area contributed by atoms with Gasteiger partial charge in [0.25, 0.3) is 10.2 Å². The van der Waals surface area contributed by atoms with E-state index in [2.05, 4.69) is 11.6 Å². The molecule has 1 unspecified atom stereocenters. The monoisotopic (exact) mass is 320 g/mol. The van der Waals surface area contributed by atoms with E-state index in [1.165, 1.54) is 4.31 Å². The molecule has 0 aliphatic carbocycles. The smallest absolute Gasteiger partial charge is 0.307 e. The Kier molecular flexibility index (Phi) is 6.19. The number of nitrogens with one attached hydrogen (secondary N) is 1. The van der Waals surface area contributed by atoms with Crippen LogP contribution in [0.5, 0.6) is 0 Å². The van der Waals surface area contributed by atoms with Crippen molar-refractivity contribution in [1.82, 2.24) is 9.03 Å². The molecule has 2 N–H and O–H groups in total. The number of hydrogen-bond donors (Lipinski definition) is 2. The summed E-state index contributed by atoms with van der Waals surface area (Å²) in [6.45, 7) is 8.92. The Labute approximate surface area is 128 Å². The van der Waals surface area contributed by atoms with Gasteiger partial charge in [0.1, 0.15) is 0 Å². The first-order valence-electron chi connectivity index (χ1n) is 7.49. The number of aliphatic carboxylic acids is 1. The van der Waals surface area contributed by atoms with E-state index in [-0.39, 0.29) is 12.0 Å². The third-order valence-electron chi connectivity index (χ3n) is 3.80. The highest BCUT2D eigenvalue weighted by molar-refractivity contribution is 7.87. The van der Waals surface area contributed by atoms with Gasteiger partial charge in [-0.1, -0.05) is 27.7 Å². The van der Waals surface area contributed by atoms with Crippen LogP contribution in [-0.4, -0.2) is 43.4 Å². The zero-order valence-corrected chi connectivity index (χ0v) is 14.2. The Hall–Kier alpha value is -0.660. The van der Waals surface area contributed by atoms with Crippen molar-refractivity contribution in [2.24, 2.45) is 17.3 Å². The number of rotatable bonds is 6. The first-order valence-corrected chi connectivity index (χ1v) is 8.93. The molecule has 0 aromatic heterocycles. The van der Waals surface area contributed by atoms with E-state index in [0.29, 0.717) is 25.4 Å². The summed E-state index contributed by atoms with van der Waals surface area (Å²) in [5, 5.41) is 9.23. The fourth-order valence-corrected chi connectivity index (χ4v) is 3.79. The molecule has 0 aromatic rings. The number of nitrogens with zero attached hydrogens (tertiary/aromatic N) is 1. The van der Waals surface area contributed by atoms with Gasteiger partial charge in [0, 0.05) is 19.6 Å². The fourth-order valence-electron chi connectivity index (χ4n) is 2.51. The van der Waals surface area contributed by atoms with Crippen molar-refractivity contribution < 1.29 is 18.3 Å². The summed E-state index contributed by atoms with van der Waals surface area (Å²) in [5.74, 6) is -1.12. The summed E-state index contributed by atoms with van der Waals surface area (Å²) >= 11 is 0. The molecule has 0 spiro atoms. The van der Waals surface area contributed by atoms with Gasteiger partial charge in [-0.3, -0.25) is 4.79 Å². The average Bonchev–Trinajstić information content (AvgIpc) is 2.33. The summed E-state index contributed by atoms with van der Waals surface area (Å²) in [4.78, 5) is 11.3. The van der Waals surface area contributed by atoms with E-state index in [9.17, 15) is 18.3 Å². The van der Waals surface area contributed by atoms with Crippen LogP contribution in [0.1, 0.15) is 47.0 Å². The standard InChI is InChI=1S/C14H28N2O4S/c1-11-5-7-16(8-6-11)21(19,20)15-10-12(13(17)18)9-14(2,3)4/h11-12,15H,5-10H2,1-4H3,(H,17,18). The second-order valence-electron chi connectivity index (χ2n) is 7.24. The van der Waals surface area contributed by atoms with Crippen molar-refractivity contribution in [2.45, 2.75) is 47.0 Å². The predicted octanol–water partition coefficient (Wildman–Crippen LogP) is 1.69. The fraction of sp³-hybridized carbons (Fsp3) is 0.929. The molecule has 0 aromatic carbocycles. The van der Waals surface area contributed by atoms with E-state index >= 15 is 0 Å². The molecule has 0 amide bonds. The summed E-state index contributed by atoms with van der Waals surface area (Å²) in [6.07, 6.45) is 2.14. The van der Waals surface area contributed by atoms with Crippen LogP contribution >= 0.6 is 0 Å². The quantitative estimate of drug-likeness (QED) is 0.779. The number of carboxylic acid groups (broad SMARTS) is 1. The van der Waals surface area contributed by atoms with Gasteiger partial charge < -0.3 is 5.11 Å². The molecule has 0 saturated carbocycles. The molecular formula is C14H28N2O4S. The Morgan fingerprint density at radius 1 is 1.33 bits per heavy atom. The van der Waals surface area contributed by atoms with Gasteiger partial charge in [0.05, 0.1) is 5.92 Å². The van der Waals surface area contributed by atoms with Gasteiger partial charge in [-0.25, -0.2) is 4.72 Å². The van der Waals surface area contributed by atoms with Crippen LogP contribution in [0, 0.1) is 17.3 Å².